The number of hydrogen-bond donors (Lipinski definition) is 3. The molecule has 23 heavy (non-hydrogen) atoms. The number of nitrogens with one attached hydrogen (secondary N) is 2. The molecule has 0 bridgehead atoms. The molecule has 0 saturated carbocycles. The number of aliphatic hydroxyl groups is 1. The summed E-state index contributed by atoms with van der Waals surface area (Å²) in [5.74, 6) is 2.11. The maximum atomic E-state index is 10.0. The highest BCUT2D eigenvalue weighted by atomic mass is 35.5. The standard InChI is InChI=1S/C17H36N2OS.2ClH/c1-2-3-4-5-6-7-8-9-12-21-15-17(20)13-16-14-18-10-11-19-16;;/h16-20H,2-15H2,1H3;2*1H. The summed E-state index contributed by atoms with van der Waals surface area (Å²) in [5, 5.41) is 16.9. The minimum Gasteiger partial charge on any atom is -0.392 e. The molecule has 1 saturated heterocycles. The van der Waals surface area contributed by atoms with Gasteiger partial charge in [-0.15, -0.1) is 24.8 Å². The van der Waals surface area contributed by atoms with Crippen molar-refractivity contribution in [1.82, 2.24) is 10.6 Å². The lowest BCUT2D eigenvalue weighted by Crippen LogP contribution is -2.49. The van der Waals surface area contributed by atoms with E-state index in [1.807, 2.05) is 11.8 Å². The van der Waals surface area contributed by atoms with E-state index in [0.717, 1.165) is 31.8 Å². The van der Waals surface area contributed by atoms with Gasteiger partial charge in [-0.1, -0.05) is 51.9 Å². The zero-order valence-corrected chi connectivity index (χ0v) is 17.2. The smallest absolute Gasteiger partial charge is 0.0645 e. The molecule has 0 aromatic heterocycles. The third kappa shape index (κ3) is 16.0. The van der Waals surface area contributed by atoms with E-state index in [9.17, 15) is 5.11 Å². The van der Waals surface area contributed by atoms with Crippen LogP contribution in [0.25, 0.3) is 0 Å². The van der Waals surface area contributed by atoms with Crippen molar-refractivity contribution < 1.29 is 5.11 Å². The molecule has 1 rings (SSSR count). The van der Waals surface area contributed by atoms with Gasteiger partial charge in [-0.3, -0.25) is 0 Å². The molecule has 2 atom stereocenters. The molecule has 3 N–H and O–H groups in total. The Morgan fingerprint density at radius 3 is 2.26 bits per heavy atom. The van der Waals surface area contributed by atoms with Crippen LogP contribution in [0.3, 0.4) is 0 Å². The summed E-state index contributed by atoms with van der Waals surface area (Å²) in [6.07, 6.45) is 11.8. The number of unbranched alkanes of at least 4 members (excludes halogenated alkanes) is 7. The molecule has 142 valence electrons. The minimum absolute atomic E-state index is 0. The quantitative estimate of drug-likeness (QED) is 0.417. The van der Waals surface area contributed by atoms with Crippen molar-refractivity contribution in [1.29, 1.82) is 0 Å². The lowest BCUT2D eigenvalue weighted by atomic mass is 10.1. The van der Waals surface area contributed by atoms with E-state index in [-0.39, 0.29) is 30.9 Å². The van der Waals surface area contributed by atoms with Gasteiger partial charge in [0, 0.05) is 31.4 Å². The Bertz CT molecular complexity index is 233. The van der Waals surface area contributed by atoms with Gasteiger partial charge in [0.2, 0.25) is 0 Å². The zero-order valence-electron chi connectivity index (χ0n) is 14.7. The average molecular weight is 389 g/mol. The lowest BCUT2D eigenvalue weighted by molar-refractivity contribution is 0.167. The summed E-state index contributed by atoms with van der Waals surface area (Å²) in [5.41, 5.74) is 0. The van der Waals surface area contributed by atoms with Gasteiger partial charge < -0.3 is 15.7 Å². The summed E-state index contributed by atoms with van der Waals surface area (Å²) in [6, 6.07) is 0.456. The second-order valence-corrected chi connectivity index (χ2v) is 7.44. The molecule has 0 aromatic rings. The number of halogens is 2. The van der Waals surface area contributed by atoms with Crippen molar-refractivity contribution in [2.75, 3.05) is 31.1 Å². The summed E-state index contributed by atoms with van der Waals surface area (Å²) < 4.78 is 0. The molecule has 1 aliphatic heterocycles. The maximum absolute atomic E-state index is 10.0. The third-order valence-electron chi connectivity index (χ3n) is 4.13. The summed E-state index contributed by atoms with van der Waals surface area (Å²) >= 11 is 1.92. The second kappa shape index (κ2) is 19.1. The van der Waals surface area contributed by atoms with Crippen LogP contribution in [0.4, 0.5) is 0 Å². The van der Waals surface area contributed by atoms with E-state index in [1.54, 1.807) is 0 Å². The second-order valence-electron chi connectivity index (χ2n) is 6.29. The molecule has 0 radical (unpaired) electrons. The molecule has 0 aromatic carbocycles. The largest absolute Gasteiger partial charge is 0.392 e. The van der Waals surface area contributed by atoms with Crippen LogP contribution in [0.15, 0.2) is 0 Å². The molecule has 1 fully saturated rings. The predicted octanol–water partition coefficient (Wildman–Crippen LogP) is 4.02. The van der Waals surface area contributed by atoms with E-state index in [0.29, 0.717) is 6.04 Å². The Kier molecular flexibility index (Phi) is 21.7. The van der Waals surface area contributed by atoms with Crippen molar-refractivity contribution in [3.05, 3.63) is 0 Å². The molecule has 0 aliphatic carbocycles. The fourth-order valence-corrected chi connectivity index (χ4v) is 3.82. The van der Waals surface area contributed by atoms with Crippen molar-refractivity contribution in [2.24, 2.45) is 0 Å². The fourth-order valence-electron chi connectivity index (χ4n) is 2.83. The van der Waals surface area contributed by atoms with Gasteiger partial charge in [-0.25, -0.2) is 0 Å². The first kappa shape index (κ1) is 26.0. The van der Waals surface area contributed by atoms with Gasteiger partial charge in [0.25, 0.3) is 0 Å². The van der Waals surface area contributed by atoms with Gasteiger partial charge in [-0.05, 0) is 18.6 Å². The zero-order chi connectivity index (χ0) is 15.2. The molecule has 1 aliphatic rings. The van der Waals surface area contributed by atoms with Crippen molar-refractivity contribution in [2.45, 2.75) is 76.9 Å². The van der Waals surface area contributed by atoms with E-state index >= 15 is 0 Å². The van der Waals surface area contributed by atoms with Gasteiger partial charge in [-0.2, -0.15) is 11.8 Å². The number of hydrogen-bond acceptors (Lipinski definition) is 4. The molecule has 6 heteroatoms. The Morgan fingerprint density at radius 1 is 1.00 bits per heavy atom. The fraction of sp³-hybridized carbons (Fsp3) is 1.00. The number of aliphatic hydroxyl groups excluding tert-OH is 1. The molecule has 3 nitrogen and oxygen atoms in total. The molecule has 0 spiro atoms. The van der Waals surface area contributed by atoms with Crippen LogP contribution in [0.2, 0.25) is 0 Å². The molecular formula is C17H38Cl2N2OS. The predicted molar refractivity (Wildman–Crippen MR) is 110 cm³/mol. The van der Waals surface area contributed by atoms with E-state index < -0.39 is 0 Å². The highest BCUT2D eigenvalue weighted by Gasteiger charge is 2.16. The van der Waals surface area contributed by atoms with E-state index in [4.69, 9.17) is 0 Å². The van der Waals surface area contributed by atoms with Crippen LogP contribution in [-0.4, -0.2) is 48.4 Å². The summed E-state index contributed by atoms with van der Waals surface area (Å²) in [7, 11) is 0. The third-order valence-corrected chi connectivity index (χ3v) is 5.33. The summed E-state index contributed by atoms with van der Waals surface area (Å²) in [6.45, 7) is 5.36. The van der Waals surface area contributed by atoms with Crippen molar-refractivity contribution >= 4 is 36.6 Å². The Balaban J connectivity index is 0. The Labute approximate surface area is 160 Å². The van der Waals surface area contributed by atoms with Crippen molar-refractivity contribution in [3.8, 4) is 0 Å². The van der Waals surface area contributed by atoms with E-state index in [2.05, 4.69) is 17.6 Å². The van der Waals surface area contributed by atoms with Gasteiger partial charge in [0.1, 0.15) is 0 Å². The first-order valence-corrected chi connectivity index (χ1v) is 10.2. The Morgan fingerprint density at radius 2 is 1.65 bits per heavy atom. The van der Waals surface area contributed by atoms with Crippen LogP contribution < -0.4 is 10.6 Å². The number of thioether (sulfide) groups is 1. The molecule has 1 heterocycles. The SMILES string of the molecule is CCCCCCCCCCSCC(O)CC1CNCCN1.Cl.Cl. The van der Waals surface area contributed by atoms with E-state index in [1.165, 1.54) is 57.1 Å². The van der Waals surface area contributed by atoms with Crippen LogP contribution >= 0.6 is 36.6 Å². The first-order chi connectivity index (χ1) is 10.3. The number of piperazine rings is 1. The molecular weight excluding hydrogens is 351 g/mol. The van der Waals surface area contributed by atoms with Crippen LogP contribution in [0, 0.1) is 0 Å². The van der Waals surface area contributed by atoms with Crippen molar-refractivity contribution in [3.63, 3.8) is 0 Å². The highest BCUT2D eigenvalue weighted by molar-refractivity contribution is 7.99. The Hall–Kier alpha value is 0.810. The monoisotopic (exact) mass is 388 g/mol. The number of rotatable bonds is 13. The first-order valence-electron chi connectivity index (χ1n) is 9.02. The van der Waals surface area contributed by atoms with Crippen LogP contribution in [-0.2, 0) is 0 Å². The average Bonchev–Trinajstić information content (AvgIpc) is 2.50. The highest BCUT2D eigenvalue weighted by Crippen LogP contribution is 2.13. The van der Waals surface area contributed by atoms with Gasteiger partial charge >= 0.3 is 0 Å². The maximum Gasteiger partial charge on any atom is 0.0645 e. The summed E-state index contributed by atoms with van der Waals surface area (Å²) in [4.78, 5) is 0. The van der Waals surface area contributed by atoms with Crippen LogP contribution in [0.5, 0.6) is 0 Å². The molecule has 2 unspecified atom stereocenters. The minimum atomic E-state index is -0.151. The normalized spacial score (nSPS) is 18.8. The molecule has 0 amide bonds. The van der Waals surface area contributed by atoms with Gasteiger partial charge in [0.05, 0.1) is 6.10 Å². The topological polar surface area (TPSA) is 44.3 Å². The lowest BCUT2D eigenvalue weighted by Gasteiger charge is -2.26. The van der Waals surface area contributed by atoms with Gasteiger partial charge in [0.15, 0.2) is 0 Å². The van der Waals surface area contributed by atoms with Crippen LogP contribution in [0.1, 0.15) is 64.7 Å².